The van der Waals surface area contributed by atoms with Gasteiger partial charge in [-0.15, -0.1) is 0 Å². The van der Waals surface area contributed by atoms with Crippen LogP contribution in [0.25, 0.3) is 0 Å². The highest BCUT2D eigenvalue weighted by Crippen LogP contribution is 2.21. The number of hydrogen-bond donors (Lipinski definition) is 0. The van der Waals surface area contributed by atoms with Crippen LogP contribution in [0.5, 0.6) is 0 Å². The smallest absolute Gasteiger partial charge is 0.178 e. The number of amidine groups is 1. The summed E-state index contributed by atoms with van der Waals surface area (Å²) in [5.41, 5.74) is 4.80. The van der Waals surface area contributed by atoms with E-state index in [0.29, 0.717) is 11.5 Å². The molecule has 0 bridgehead atoms. The quantitative estimate of drug-likeness (QED) is 0.456. The summed E-state index contributed by atoms with van der Waals surface area (Å²) < 4.78 is 0. The fourth-order valence-electron chi connectivity index (χ4n) is 2.34. The molecule has 0 atom stereocenters. The molecule has 3 nitrogen and oxygen atoms in total. The van der Waals surface area contributed by atoms with Crippen LogP contribution in [0.3, 0.4) is 0 Å². The summed E-state index contributed by atoms with van der Waals surface area (Å²) in [4.78, 5) is 20.7. The third kappa shape index (κ3) is 3.82. The Bertz CT molecular complexity index is 869. The first-order valence-corrected chi connectivity index (χ1v) is 7.82. The molecular formula is C21H18N2O. The van der Waals surface area contributed by atoms with E-state index in [1.165, 1.54) is 12.2 Å². The standard InChI is InChI=1S/C21H18N2O/c1-15-8-9-16(2)20(14-15)23-21(17-6-4-3-5-7-17)22-18-10-12-19(24)13-11-18/h3-14H,1-2H3. The van der Waals surface area contributed by atoms with Crippen LogP contribution < -0.4 is 0 Å². The van der Waals surface area contributed by atoms with Gasteiger partial charge in [-0.25, -0.2) is 9.98 Å². The number of aryl methyl sites for hydroxylation is 2. The third-order valence-corrected chi connectivity index (χ3v) is 3.69. The maximum absolute atomic E-state index is 11.3. The lowest BCUT2D eigenvalue weighted by Crippen LogP contribution is -2.05. The van der Waals surface area contributed by atoms with Gasteiger partial charge in [0, 0.05) is 5.56 Å². The molecule has 2 aromatic rings. The summed E-state index contributed by atoms with van der Waals surface area (Å²) in [6.07, 6.45) is 6.45. The first kappa shape index (κ1) is 15.8. The maximum atomic E-state index is 11.3. The van der Waals surface area contributed by atoms with Crippen molar-refractivity contribution in [2.75, 3.05) is 0 Å². The van der Waals surface area contributed by atoms with E-state index in [-0.39, 0.29) is 5.78 Å². The highest BCUT2D eigenvalue weighted by molar-refractivity contribution is 6.21. The molecule has 2 aromatic carbocycles. The Kier molecular flexibility index (Phi) is 4.62. The number of hydrogen-bond acceptors (Lipinski definition) is 2. The fraction of sp³-hybridized carbons (Fsp3) is 0.0952. The number of nitrogens with zero attached hydrogens (tertiary/aromatic N) is 2. The average Bonchev–Trinajstić information content (AvgIpc) is 2.60. The first-order valence-electron chi connectivity index (χ1n) is 7.82. The zero-order valence-electron chi connectivity index (χ0n) is 13.7. The molecular weight excluding hydrogens is 296 g/mol. The van der Waals surface area contributed by atoms with Gasteiger partial charge in [-0.2, -0.15) is 0 Å². The lowest BCUT2D eigenvalue weighted by atomic mass is 10.1. The van der Waals surface area contributed by atoms with E-state index in [1.807, 2.05) is 44.2 Å². The molecule has 1 aliphatic carbocycles. The third-order valence-electron chi connectivity index (χ3n) is 3.69. The summed E-state index contributed by atoms with van der Waals surface area (Å²) in [6.45, 7) is 4.08. The van der Waals surface area contributed by atoms with Crippen molar-refractivity contribution in [3.8, 4) is 0 Å². The monoisotopic (exact) mass is 314 g/mol. The Hall–Kier alpha value is -3.07. The van der Waals surface area contributed by atoms with Crippen molar-refractivity contribution in [2.45, 2.75) is 13.8 Å². The molecule has 0 aliphatic heterocycles. The zero-order chi connectivity index (χ0) is 16.9. The van der Waals surface area contributed by atoms with Gasteiger partial charge >= 0.3 is 0 Å². The van der Waals surface area contributed by atoms with Crippen LogP contribution in [0.15, 0.2) is 82.8 Å². The molecule has 0 aromatic heterocycles. The van der Waals surface area contributed by atoms with Gasteiger partial charge in [0.2, 0.25) is 0 Å². The summed E-state index contributed by atoms with van der Waals surface area (Å²) in [5, 5.41) is 0. The Morgan fingerprint density at radius 3 is 2.29 bits per heavy atom. The topological polar surface area (TPSA) is 41.8 Å². The number of allylic oxidation sites excluding steroid dienone is 4. The molecule has 0 spiro atoms. The molecule has 0 saturated heterocycles. The molecule has 3 rings (SSSR count). The van der Waals surface area contributed by atoms with E-state index >= 15 is 0 Å². The second-order valence-electron chi connectivity index (χ2n) is 5.70. The molecule has 3 heteroatoms. The maximum Gasteiger partial charge on any atom is 0.178 e. The molecule has 0 amide bonds. The van der Waals surface area contributed by atoms with E-state index in [2.05, 4.69) is 23.2 Å². The van der Waals surface area contributed by atoms with Crippen LogP contribution in [-0.2, 0) is 4.79 Å². The predicted molar refractivity (Wildman–Crippen MR) is 99.3 cm³/mol. The van der Waals surface area contributed by atoms with E-state index in [9.17, 15) is 4.79 Å². The Balaban J connectivity index is 2.09. The molecule has 0 unspecified atom stereocenters. The second kappa shape index (κ2) is 7.01. The second-order valence-corrected chi connectivity index (χ2v) is 5.70. The fourth-order valence-corrected chi connectivity index (χ4v) is 2.34. The molecule has 0 radical (unpaired) electrons. The van der Waals surface area contributed by atoms with Crippen molar-refractivity contribution in [1.29, 1.82) is 0 Å². The molecule has 118 valence electrons. The summed E-state index contributed by atoms with van der Waals surface area (Å²) in [5.74, 6) is 0.602. The van der Waals surface area contributed by atoms with Crippen LogP contribution >= 0.6 is 0 Å². The number of benzene rings is 2. The van der Waals surface area contributed by atoms with Crippen molar-refractivity contribution >= 4 is 23.0 Å². The van der Waals surface area contributed by atoms with Crippen molar-refractivity contribution in [1.82, 2.24) is 0 Å². The van der Waals surface area contributed by atoms with Crippen molar-refractivity contribution < 1.29 is 4.79 Å². The lowest BCUT2D eigenvalue weighted by Gasteiger charge is -2.07. The minimum absolute atomic E-state index is 0.0262. The average molecular weight is 314 g/mol. The minimum Gasteiger partial charge on any atom is -0.290 e. The largest absolute Gasteiger partial charge is 0.290 e. The summed E-state index contributed by atoms with van der Waals surface area (Å²) >= 11 is 0. The predicted octanol–water partition coefficient (Wildman–Crippen LogP) is 4.52. The zero-order valence-corrected chi connectivity index (χ0v) is 13.7. The number of aliphatic imine (C=N–C) groups is 2. The number of ketones is 1. The molecule has 0 saturated carbocycles. The lowest BCUT2D eigenvalue weighted by molar-refractivity contribution is -0.110. The van der Waals surface area contributed by atoms with E-state index in [0.717, 1.165) is 22.4 Å². The highest BCUT2D eigenvalue weighted by atomic mass is 16.1. The molecule has 1 aliphatic rings. The molecule has 0 N–H and O–H groups in total. The number of rotatable bonds is 2. The highest BCUT2D eigenvalue weighted by Gasteiger charge is 2.07. The number of carbonyl (C=O) groups is 1. The van der Waals surface area contributed by atoms with Crippen LogP contribution in [0.1, 0.15) is 16.7 Å². The van der Waals surface area contributed by atoms with Crippen molar-refractivity contribution in [3.05, 3.63) is 89.5 Å². The van der Waals surface area contributed by atoms with Gasteiger partial charge in [0.05, 0.1) is 11.4 Å². The van der Waals surface area contributed by atoms with Gasteiger partial charge in [-0.3, -0.25) is 4.79 Å². The Morgan fingerprint density at radius 1 is 0.875 bits per heavy atom. The van der Waals surface area contributed by atoms with Crippen molar-refractivity contribution in [2.24, 2.45) is 9.98 Å². The molecule has 24 heavy (non-hydrogen) atoms. The van der Waals surface area contributed by atoms with Gasteiger partial charge in [0.25, 0.3) is 0 Å². The Labute approximate surface area is 141 Å². The van der Waals surface area contributed by atoms with E-state index < -0.39 is 0 Å². The van der Waals surface area contributed by atoms with Gasteiger partial charge in [0.1, 0.15) is 0 Å². The summed E-state index contributed by atoms with van der Waals surface area (Å²) in [6, 6.07) is 16.0. The van der Waals surface area contributed by atoms with E-state index in [4.69, 9.17) is 4.99 Å². The van der Waals surface area contributed by atoms with Crippen LogP contribution in [0.2, 0.25) is 0 Å². The number of carbonyl (C=O) groups excluding carboxylic acids is 1. The van der Waals surface area contributed by atoms with Gasteiger partial charge in [-0.1, -0.05) is 42.5 Å². The minimum atomic E-state index is -0.0262. The van der Waals surface area contributed by atoms with Gasteiger partial charge in [0.15, 0.2) is 11.6 Å². The normalized spacial score (nSPS) is 14.2. The summed E-state index contributed by atoms with van der Waals surface area (Å²) in [7, 11) is 0. The first-order chi connectivity index (χ1) is 11.6. The molecule has 0 heterocycles. The SMILES string of the molecule is Cc1ccc(C)c(N=C(N=C2C=CC(=O)C=C2)c2ccccc2)c1. The van der Waals surface area contributed by atoms with Crippen LogP contribution in [0, 0.1) is 13.8 Å². The van der Waals surface area contributed by atoms with Crippen LogP contribution in [-0.4, -0.2) is 17.3 Å². The Morgan fingerprint density at radius 2 is 1.58 bits per heavy atom. The van der Waals surface area contributed by atoms with E-state index in [1.54, 1.807) is 12.2 Å². The van der Waals surface area contributed by atoms with Crippen LogP contribution in [0.4, 0.5) is 5.69 Å². The molecule has 0 fully saturated rings. The van der Waals surface area contributed by atoms with Crippen molar-refractivity contribution in [3.63, 3.8) is 0 Å². The van der Waals surface area contributed by atoms with Gasteiger partial charge < -0.3 is 0 Å². The van der Waals surface area contributed by atoms with Gasteiger partial charge in [-0.05, 0) is 55.3 Å².